The third-order valence-electron chi connectivity index (χ3n) is 2.93. The van der Waals surface area contributed by atoms with Crippen molar-refractivity contribution in [2.45, 2.75) is 51.9 Å². The predicted octanol–water partition coefficient (Wildman–Crippen LogP) is 5.52. The Morgan fingerprint density at radius 1 is 1.07 bits per heavy atom. The maximum atomic E-state index is 3.47. The van der Waals surface area contributed by atoms with Gasteiger partial charge in [0.1, 0.15) is 0 Å². The van der Waals surface area contributed by atoms with Crippen LogP contribution >= 0.6 is 15.9 Å². The van der Waals surface area contributed by atoms with E-state index in [2.05, 4.69) is 54.0 Å². The van der Waals surface area contributed by atoms with Gasteiger partial charge in [0.05, 0.1) is 0 Å². The highest BCUT2D eigenvalue weighted by atomic mass is 79.9. The molecule has 1 atom stereocenters. The molecule has 0 radical (unpaired) electrons. The molecule has 0 heterocycles. The molecular formula is C14H21Br. The number of benzene rings is 1. The van der Waals surface area contributed by atoms with Gasteiger partial charge in [0.2, 0.25) is 0 Å². The van der Waals surface area contributed by atoms with Crippen LogP contribution in [0.3, 0.4) is 0 Å². The van der Waals surface area contributed by atoms with Gasteiger partial charge in [-0.2, -0.15) is 0 Å². The van der Waals surface area contributed by atoms with E-state index in [9.17, 15) is 0 Å². The van der Waals surface area contributed by atoms with E-state index in [4.69, 9.17) is 0 Å². The molecule has 0 nitrogen and oxygen atoms in total. The van der Waals surface area contributed by atoms with Crippen LogP contribution < -0.4 is 0 Å². The molecule has 0 aliphatic rings. The Bertz CT molecular complexity index is 263. The summed E-state index contributed by atoms with van der Waals surface area (Å²) in [7, 11) is 0. The van der Waals surface area contributed by atoms with Crippen LogP contribution in [0.5, 0.6) is 0 Å². The molecule has 0 aliphatic heterocycles. The standard InChI is InChI=1S/C14H21Br/c1-3-4-5-6-7-12(2)13-8-10-14(15)11-9-13/h8-12H,3-7H2,1-2H3. The topological polar surface area (TPSA) is 0 Å². The maximum absolute atomic E-state index is 3.47. The van der Waals surface area contributed by atoms with Crippen molar-refractivity contribution in [3.8, 4) is 0 Å². The monoisotopic (exact) mass is 268 g/mol. The lowest BCUT2D eigenvalue weighted by molar-refractivity contribution is 0.580. The van der Waals surface area contributed by atoms with Crippen molar-refractivity contribution in [2.75, 3.05) is 0 Å². The van der Waals surface area contributed by atoms with Crippen molar-refractivity contribution in [1.29, 1.82) is 0 Å². The summed E-state index contributed by atoms with van der Waals surface area (Å²) in [6, 6.07) is 8.74. The summed E-state index contributed by atoms with van der Waals surface area (Å²) in [5, 5.41) is 0. The minimum Gasteiger partial charge on any atom is -0.0654 e. The van der Waals surface area contributed by atoms with Crippen LogP contribution in [0.1, 0.15) is 57.4 Å². The lowest BCUT2D eigenvalue weighted by Gasteiger charge is -2.11. The minimum atomic E-state index is 0.704. The highest BCUT2D eigenvalue weighted by Crippen LogP contribution is 2.23. The van der Waals surface area contributed by atoms with Gasteiger partial charge in [0.25, 0.3) is 0 Å². The van der Waals surface area contributed by atoms with Crippen molar-refractivity contribution in [3.63, 3.8) is 0 Å². The Hall–Kier alpha value is -0.300. The summed E-state index contributed by atoms with van der Waals surface area (Å²) in [5.74, 6) is 0.704. The molecule has 1 rings (SSSR count). The second-order valence-electron chi connectivity index (χ2n) is 4.30. The molecule has 0 amide bonds. The molecule has 0 fully saturated rings. The van der Waals surface area contributed by atoms with Crippen LogP contribution in [0.4, 0.5) is 0 Å². The van der Waals surface area contributed by atoms with Crippen LogP contribution in [0.25, 0.3) is 0 Å². The fourth-order valence-corrected chi connectivity index (χ4v) is 2.10. The molecule has 0 N–H and O–H groups in total. The summed E-state index contributed by atoms with van der Waals surface area (Å²) in [6.07, 6.45) is 6.78. The van der Waals surface area contributed by atoms with Gasteiger partial charge in [0.15, 0.2) is 0 Å². The molecule has 1 unspecified atom stereocenters. The van der Waals surface area contributed by atoms with Crippen molar-refractivity contribution in [2.24, 2.45) is 0 Å². The summed E-state index contributed by atoms with van der Waals surface area (Å²) >= 11 is 3.47. The summed E-state index contributed by atoms with van der Waals surface area (Å²) < 4.78 is 1.17. The Morgan fingerprint density at radius 2 is 1.73 bits per heavy atom. The first-order valence-electron chi connectivity index (χ1n) is 5.99. The van der Waals surface area contributed by atoms with Gasteiger partial charge in [0, 0.05) is 4.47 Å². The molecule has 1 heteroatoms. The molecule has 0 aromatic heterocycles. The van der Waals surface area contributed by atoms with E-state index in [1.165, 1.54) is 42.1 Å². The van der Waals surface area contributed by atoms with Gasteiger partial charge >= 0.3 is 0 Å². The molecule has 1 aromatic rings. The minimum absolute atomic E-state index is 0.704. The molecule has 1 aromatic carbocycles. The molecular weight excluding hydrogens is 248 g/mol. The van der Waals surface area contributed by atoms with E-state index in [1.54, 1.807) is 0 Å². The van der Waals surface area contributed by atoms with E-state index in [0.29, 0.717) is 5.92 Å². The SMILES string of the molecule is CCCCCCC(C)c1ccc(Br)cc1. The van der Waals surface area contributed by atoms with E-state index in [1.807, 2.05) is 0 Å². The molecule has 0 spiro atoms. The van der Waals surface area contributed by atoms with Crippen molar-refractivity contribution in [3.05, 3.63) is 34.3 Å². The van der Waals surface area contributed by atoms with E-state index in [-0.39, 0.29) is 0 Å². The van der Waals surface area contributed by atoms with E-state index in [0.717, 1.165) is 0 Å². The lowest BCUT2D eigenvalue weighted by atomic mass is 9.95. The Labute approximate surface area is 102 Å². The van der Waals surface area contributed by atoms with Crippen LogP contribution in [-0.4, -0.2) is 0 Å². The quantitative estimate of drug-likeness (QED) is 0.596. The second-order valence-corrected chi connectivity index (χ2v) is 5.22. The average Bonchev–Trinajstić information content (AvgIpc) is 2.25. The first-order valence-corrected chi connectivity index (χ1v) is 6.78. The van der Waals surface area contributed by atoms with Crippen LogP contribution in [0.2, 0.25) is 0 Å². The zero-order valence-corrected chi connectivity index (χ0v) is 11.4. The molecule has 0 saturated carbocycles. The number of rotatable bonds is 6. The third kappa shape index (κ3) is 4.83. The fourth-order valence-electron chi connectivity index (χ4n) is 1.84. The van der Waals surface area contributed by atoms with Crippen LogP contribution in [-0.2, 0) is 0 Å². The van der Waals surface area contributed by atoms with Crippen molar-refractivity contribution >= 4 is 15.9 Å². The molecule has 0 saturated heterocycles. The maximum Gasteiger partial charge on any atom is 0.0175 e. The first kappa shape index (κ1) is 12.8. The van der Waals surface area contributed by atoms with Gasteiger partial charge in [-0.3, -0.25) is 0 Å². The van der Waals surface area contributed by atoms with Crippen LogP contribution in [0.15, 0.2) is 28.7 Å². The van der Waals surface area contributed by atoms with Gasteiger partial charge in [-0.25, -0.2) is 0 Å². The van der Waals surface area contributed by atoms with Crippen molar-refractivity contribution < 1.29 is 0 Å². The molecule has 84 valence electrons. The van der Waals surface area contributed by atoms with E-state index < -0.39 is 0 Å². The fraction of sp³-hybridized carbons (Fsp3) is 0.571. The van der Waals surface area contributed by atoms with Gasteiger partial charge in [-0.1, -0.05) is 67.6 Å². The molecule has 15 heavy (non-hydrogen) atoms. The number of halogens is 1. The highest BCUT2D eigenvalue weighted by Gasteiger charge is 2.04. The van der Waals surface area contributed by atoms with Gasteiger partial charge in [-0.15, -0.1) is 0 Å². The zero-order valence-electron chi connectivity index (χ0n) is 9.80. The Morgan fingerprint density at radius 3 is 2.33 bits per heavy atom. The zero-order chi connectivity index (χ0) is 11.1. The Kier molecular flexibility index (Phi) is 6.00. The van der Waals surface area contributed by atoms with Crippen LogP contribution in [0, 0.1) is 0 Å². The first-order chi connectivity index (χ1) is 7.24. The number of hydrogen-bond acceptors (Lipinski definition) is 0. The van der Waals surface area contributed by atoms with Crippen molar-refractivity contribution in [1.82, 2.24) is 0 Å². The predicted molar refractivity (Wildman–Crippen MR) is 71.3 cm³/mol. The highest BCUT2D eigenvalue weighted by molar-refractivity contribution is 9.10. The average molecular weight is 269 g/mol. The largest absolute Gasteiger partial charge is 0.0654 e. The molecule has 0 aliphatic carbocycles. The van der Waals surface area contributed by atoms with E-state index >= 15 is 0 Å². The third-order valence-corrected chi connectivity index (χ3v) is 3.46. The number of hydrogen-bond donors (Lipinski definition) is 0. The second kappa shape index (κ2) is 7.05. The summed E-state index contributed by atoms with van der Waals surface area (Å²) in [6.45, 7) is 4.59. The smallest absolute Gasteiger partial charge is 0.0175 e. The number of unbranched alkanes of at least 4 members (excludes halogenated alkanes) is 3. The lowest BCUT2D eigenvalue weighted by Crippen LogP contribution is -1.93. The molecule has 0 bridgehead atoms. The van der Waals surface area contributed by atoms with Gasteiger partial charge in [-0.05, 0) is 30.0 Å². The summed E-state index contributed by atoms with van der Waals surface area (Å²) in [5.41, 5.74) is 1.47. The summed E-state index contributed by atoms with van der Waals surface area (Å²) in [4.78, 5) is 0. The Balaban J connectivity index is 2.33. The normalized spacial score (nSPS) is 12.7. The van der Waals surface area contributed by atoms with Gasteiger partial charge < -0.3 is 0 Å².